The SMILES string of the molecule is CCCCCCCCCC(=O)OCCOCCOCCOCCOCCOCCOCCOCCOCCOCCOCCN1C(=O)c2ccccc2C1=O. The molecule has 0 unspecified atom stereocenters. The number of carbonyl (C=O) groups excluding carboxylic acids is 3. The maximum atomic E-state index is 12.3. The summed E-state index contributed by atoms with van der Waals surface area (Å²) in [6, 6.07) is 6.81. The van der Waals surface area contributed by atoms with Gasteiger partial charge in [0.05, 0.1) is 150 Å². The van der Waals surface area contributed by atoms with Crippen LogP contribution in [0.4, 0.5) is 0 Å². The smallest absolute Gasteiger partial charge is 0.305 e. The predicted molar refractivity (Wildman–Crippen MR) is 204 cm³/mol. The van der Waals surface area contributed by atoms with Gasteiger partial charge < -0.3 is 52.1 Å². The fourth-order valence-electron chi connectivity index (χ4n) is 5.19. The minimum atomic E-state index is -0.280. The Bertz CT molecular complexity index is 1060. The molecule has 0 bridgehead atoms. The van der Waals surface area contributed by atoms with Gasteiger partial charge in [0, 0.05) is 6.42 Å². The van der Waals surface area contributed by atoms with Gasteiger partial charge >= 0.3 is 5.97 Å². The number of imide groups is 1. The highest BCUT2D eigenvalue weighted by molar-refractivity contribution is 6.21. The molecule has 1 heterocycles. The Balaban J connectivity index is 1.16. The first-order chi connectivity index (χ1) is 27.1. The minimum absolute atomic E-state index is 0.147. The van der Waals surface area contributed by atoms with Crippen molar-refractivity contribution in [2.45, 2.75) is 58.3 Å². The van der Waals surface area contributed by atoms with Crippen molar-refractivity contribution >= 4 is 17.8 Å². The largest absolute Gasteiger partial charge is 0.463 e. The highest BCUT2D eigenvalue weighted by Gasteiger charge is 2.34. The number of hydrogen-bond donors (Lipinski definition) is 0. The zero-order valence-corrected chi connectivity index (χ0v) is 33.2. The number of hydrogen-bond acceptors (Lipinski definition) is 14. The van der Waals surface area contributed by atoms with Gasteiger partial charge in [0.15, 0.2) is 0 Å². The number of rotatable bonds is 41. The summed E-state index contributed by atoms with van der Waals surface area (Å²) in [6.45, 7) is 11.6. The lowest BCUT2D eigenvalue weighted by Crippen LogP contribution is -2.33. The maximum Gasteiger partial charge on any atom is 0.305 e. The molecule has 15 heteroatoms. The van der Waals surface area contributed by atoms with Crippen LogP contribution in [0.15, 0.2) is 24.3 Å². The van der Waals surface area contributed by atoms with Gasteiger partial charge in [-0.25, -0.2) is 0 Å². The van der Waals surface area contributed by atoms with Crippen LogP contribution in [0.3, 0.4) is 0 Å². The molecule has 0 saturated heterocycles. The Hall–Kier alpha value is -2.57. The molecule has 55 heavy (non-hydrogen) atoms. The summed E-state index contributed by atoms with van der Waals surface area (Å²) in [7, 11) is 0. The normalized spacial score (nSPS) is 12.6. The van der Waals surface area contributed by atoms with Crippen LogP contribution in [0.2, 0.25) is 0 Å². The maximum absolute atomic E-state index is 12.3. The van der Waals surface area contributed by atoms with Gasteiger partial charge in [-0.1, -0.05) is 57.6 Å². The van der Waals surface area contributed by atoms with Crippen molar-refractivity contribution in [2.75, 3.05) is 145 Å². The summed E-state index contributed by atoms with van der Waals surface area (Å²) in [6.07, 6.45) is 8.75. The van der Waals surface area contributed by atoms with E-state index in [1.807, 2.05) is 0 Å². The zero-order chi connectivity index (χ0) is 39.3. The number of fused-ring (bicyclic) bond motifs is 1. The van der Waals surface area contributed by atoms with Crippen molar-refractivity contribution in [1.29, 1.82) is 0 Å². The van der Waals surface area contributed by atoms with Crippen LogP contribution >= 0.6 is 0 Å². The standard InChI is InChI=1S/C40H67NO14/c1-2-3-4-5-6-7-8-13-38(42)55-35-34-54-33-32-53-31-30-52-29-28-51-27-26-50-25-24-49-23-22-48-21-20-47-19-18-46-17-16-45-15-14-41-39(43)36-11-9-10-12-37(36)40(41)44/h9-12H,2-8,13-35H2,1H3. The van der Waals surface area contributed by atoms with E-state index in [0.29, 0.717) is 143 Å². The van der Waals surface area contributed by atoms with E-state index in [9.17, 15) is 14.4 Å². The fraction of sp³-hybridized carbons (Fsp3) is 0.775. The van der Waals surface area contributed by atoms with Crippen molar-refractivity contribution in [2.24, 2.45) is 0 Å². The summed E-state index contributed by atoms with van der Waals surface area (Å²) in [5.74, 6) is -0.707. The molecule has 0 fully saturated rings. The summed E-state index contributed by atoms with van der Waals surface area (Å²) in [5.41, 5.74) is 0.879. The van der Waals surface area contributed by atoms with E-state index in [-0.39, 0.29) is 37.5 Å². The summed E-state index contributed by atoms with van der Waals surface area (Å²) in [5, 5.41) is 0. The molecule has 1 aliphatic rings. The second kappa shape index (κ2) is 35.8. The number of amides is 2. The number of ether oxygens (including phenoxy) is 11. The number of carbonyl (C=O) groups is 3. The summed E-state index contributed by atoms with van der Waals surface area (Å²) < 4.78 is 60.0. The highest BCUT2D eigenvalue weighted by Crippen LogP contribution is 2.21. The fourth-order valence-corrected chi connectivity index (χ4v) is 5.19. The number of unbranched alkanes of at least 4 members (excludes halogenated alkanes) is 6. The molecular formula is C40H67NO14. The monoisotopic (exact) mass is 785 g/mol. The average molecular weight is 786 g/mol. The summed E-state index contributed by atoms with van der Waals surface area (Å²) >= 11 is 0. The first kappa shape index (κ1) is 48.6. The van der Waals surface area contributed by atoms with E-state index in [1.54, 1.807) is 24.3 Å². The van der Waals surface area contributed by atoms with Gasteiger partial charge in [0.25, 0.3) is 11.8 Å². The van der Waals surface area contributed by atoms with Crippen molar-refractivity contribution in [1.82, 2.24) is 4.90 Å². The third-order valence-electron chi connectivity index (χ3n) is 8.16. The molecule has 0 aliphatic carbocycles. The molecule has 1 aromatic carbocycles. The molecule has 0 spiro atoms. The van der Waals surface area contributed by atoms with E-state index in [2.05, 4.69) is 6.92 Å². The molecule has 0 aromatic heterocycles. The first-order valence-corrected chi connectivity index (χ1v) is 20.0. The summed E-state index contributed by atoms with van der Waals surface area (Å²) in [4.78, 5) is 37.6. The van der Waals surface area contributed by atoms with Gasteiger partial charge in [-0.15, -0.1) is 0 Å². The molecule has 1 aliphatic heterocycles. The minimum Gasteiger partial charge on any atom is -0.463 e. The lowest BCUT2D eigenvalue weighted by molar-refractivity contribution is -0.145. The van der Waals surface area contributed by atoms with Crippen LogP contribution in [0.25, 0.3) is 0 Å². The van der Waals surface area contributed by atoms with Gasteiger partial charge in [-0.3, -0.25) is 19.3 Å². The van der Waals surface area contributed by atoms with Crippen molar-refractivity contribution in [3.8, 4) is 0 Å². The first-order valence-electron chi connectivity index (χ1n) is 20.0. The zero-order valence-electron chi connectivity index (χ0n) is 33.2. The van der Waals surface area contributed by atoms with Crippen LogP contribution in [-0.4, -0.2) is 168 Å². The molecule has 2 rings (SSSR count). The van der Waals surface area contributed by atoms with E-state index < -0.39 is 0 Å². The van der Waals surface area contributed by atoms with E-state index in [4.69, 9.17) is 52.1 Å². The highest BCUT2D eigenvalue weighted by atomic mass is 16.6. The molecule has 1 aromatic rings. The van der Waals surface area contributed by atoms with Gasteiger partial charge in [0.2, 0.25) is 0 Å². The second-order valence-corrected chi connectivity index (χ2v) is 12.5. The van der Waals surface area contributed by atoms with Crippen LogP contribution in [0.1, 0.15) is 79.0 Å². The second-order valence-electron chi connectivity index (χ2n) is 12.5. The molecule has 0 saturated carbocycles. The molecule has 2 amide bonds. The number of benzene rings is 1. The number of nitrogens with zero attached hydrogens (tertiary/aromatic N) is 1. The third kappa shape index (κ3) is 26.1. The van der Waals surface area contributed by atoms with Crippen molar-refractivity contribution in [3.05, 3.63) is 35.4 Å². The van der Waals surface area contributed by atoms with Gasteiger partial charge in [0.1, 0.15) is 6.61 Å². The van der Waals surface area contributed by atoms with Crippen LogP contribution in [-0.2, 0) is 56.9 Å². The topological polar surface area (TPSA) is 156 Å². The Labute approximate surface area is 327 Å². The Morgan fingerprint density at radius 2 is 0.745 bits per heavy atom. The van der Waals surface area contributed by atoms with Crippen LogP contribution < -0.4 is 0 Å². The lowest BCUT2D eigenvalue weighted by atomic mass is 10.1. The molecule has 0 atom stereocenters. The Kier molecular flexibility index (Phi) is 31.6. The molecule has 15 nitrogen and oxygen atoms in total. The predicted octanol–water partition coefficient (Wildman–Crippen LogP) is 4.13. The van der Waals surface area contributed by atoms with Gasteiger partial charge in [-0.05, 0) is 18.6 Å². The van der Waals surface area contributed by atoms with Crippen molar-refractivity contribution in [3.63, 3.8) is 0 Å². The molecule has 0 radical (unpaired) electrons. The third-order valence-corrected chi connectivity index (χ3v) is 8.16. The van der Waals surface area contributed by atoms with Gasteiger partial charge in [-0.2, -0.15) is 0 Å². The quantitative estimate of drug-likeness (QED) is 0.0531. The van der Waals surface area contributed by atoms with Crippen LogP contribution in [0, 0.1) is 0 Å². The molecule has 0 N–H and O–H groups in total. The van der Waals surface area contributed by atoms with Crippen LogP contribution in [0.5, 0.6) is 0 Å². The number of esters is 1. The van der Waals surface area contributed by atoms with E-state index in [0.717, 1.165) is 12.8 Å². The van der Waals surface area contributed by atoms with E-state index in [1.165, 1.54) is 37.0 Å². The van der Waals surface area contributed by atoms with Crippen molar-refractivity contribution < 1.29 is 66.5 Å². The molecular weight excluding hydrogens is 718 g/mol. The van der Waals surface area contributed by atoms with E-state index >= 15 is 0 Å². The Morgan fingerprint density at radius 3 is 1.11 bits per heavy atom. The lowest BCUT2D eigenvalue weighted by Gasteiger charge is -2.13. The average Bonchev–Trinajstić information content (AvgIpc) is 3.44. The molecule has 316 valence electrons. The Morgan fingerprint density at radius 1 is 0.436 bits per heavy atom.